The fourth-order valence-electron chi connectivity index (χ4n) is 2.49. The van der Waals surface area contributed by atoms with Crippen LogP contribution in [0.1, 0.15) is 39.5 Å². The van der Waals surface area contributed by atoms with Gasteiger partial charge in [0.15, 0.2) is 0 Å². The van der Waals surface area contributed by atoms with Crippen LogP contribution in [-0.2, 0) is 19.9 Å². The second-order valence-electron chi connectivity index (χ2n) is 5.75. The van der Waals surface area contributed by atoms with Gasteiger partial charge in [0.2, 0.25) is 10.0 Å². The highest BCUT2D eigenvalue weighted by Gasteiger charge is 2.30. The summed E-state index contributed by atoms with van der Waals surface area (Å²) in [5, 5.41) is 0. The molecular formula is C12H25NO4S2. The van der Waals surface area contributed by atoms with Crippen LogP contribution < -0.4 is 0 Å². The van der Waals surface area contributed by atoms with Crippen molar-refractivity contribution in [2.24, 2.45) is 5.92 Å². The zero-order chi connectivity index (χ0) is 14.7. The number of hydrogen-bond donors (Lipinski definition) is 0. The molecule has 7 heteroatoms. The summed E-state index contributed by atoms with van der Waals surface area (Å²) in [6, 6.07) is 0.0215. The largest absolute Gasteiger partial charge is 0.229 e. The smallest absolute Gasteiger partial charge is 0.214 e. The van der Waals surface area contributed by atoms with Crippen molar-refractivity contribution in [1.82, 2.24) is 4.31 Å². The van der Waals surface area contributed by atoms with E-state index >= 15 is 0 Å². The number of nitrogens with zero attached hydrogens (tertiary/aromatic N) is 1. The van der Waals surface area contributed by atoms with Crippen LogP contribution in [0.25, 0.3) is 0 Å². The molecule has 0 saturated carbocycles. The van der Waals surface area contributed by atoms with E-state index in [4.69, 9.17) is 0 Å². The van der Waals surface area contributed by atoms with Gasteiger partial charge in [-0.15, -0.1) is 0 Å². The second-order valence-corrected chi connectivity index (χ2v) is 10.1. The van der Waals surface area contributed by atoms with Gasteiger partial charge in [-0.05, 0) is 32.1 Å². The summed E-state index contributed by atoms with van der Waals surface area (Å²) in [5.74, 6) is 0.232. The molecule has 0 aromatic heterocycles. The Morgan fingerprint density at radius 3 is 2.26 bits per heavy atom. The van der Waals surface area contributed by atoms with Crippen LogP contribution >= 0.6 is 0 Å². The Bertz CT molecular complexity index is 484. The highest BCUT2D eigenvalue weighted by atomic mass is 32.2. The molecule has 114 valence electrons. The minimum atomic E-state index is -3.34. The fourth-order valence-corrected chi connectivity index (χ4v) is 5.22. The Hall–Kier alpha value is -0.140. The van der Waals surface area contributed by atoms with Crippen molar-refractivity contribution < 1.29 is 16.8 Å². The van der Waals surface area contributed by atoms with Gasteiger partial charge in [-0.2, -0.15) is 4.31 Å². The molecule has 1 aliphatic heterocycles. The summed E-state index contributed by atoms with van der Waals surface area (Å²) in [6.45, 7) is 4.56. The predicted molar refractivity (Wildman–Crippen MR) is 77.3 cm³/mol. The fraction of sp³-hybridized carbons (Fsp3) is 1.00. The molecule has 1 aliphatic rings. The SMILES string of the molecule is C[C@H]1CCC[C@@H](C)N(S(=O)(=O)CCCS(C)(=O)=O)C1. The van der Waals surface area contributed by atoms with Crippen LogP contribution in [0.4, 0.5) is 0 Å². The molecule has 0 unspecified atom stereocenters. The Morgan fingerprint density at radius 1 is 1.05 bits per heavy atom. The van der Waals surface area contributed by atoms with Gasteiger partial charge in [0.1, 0.15) is 9.84 Å². The van der Waals surface area contributed by atoms with Crippen molar-refractivity contribution in [3.05, 3.63) is 0 Å². The lowest BCUT2D eigenvalue weighted by atomic mass is 10.1. The number of sulfonamides is 1. The molecule has 1 saturated heterocycles. The number of hydrogen-bond acceptors (Lipinski definition) is 4. The van der Waals surface area contributed by atoms with E-state index in [1.165, 1.54) is 0 Å². The summed E-state index contributed by atoms with van der Waals surface area (Å²) in [5.41, 5.74) is 0. The summed E-state index contributed by atoms with van der Waals surface area (Å²) in [6.07, 6.45) is 4.31. The summed E-state index contributed by atoms with van der Waals surface area (Å²) in [4.78, 5) is 0. The first-order valence-electron chi connectivity index (χ1n) is 6.79. The van der Waals surface area contributed by atoms with Gasteiger partial charge in [-0.25, -0.2) is 16.8 Å². The first-order valence-corrected chi connectivity index (χ1v) is 10.5. The van der Waals surface area contributed by atoms with Gasteiger partial charge >= 0.3 is 0 Å². The standard InChI is InChI=1S/C12H25NO4S2/c1-11-6-4-7-12(2)13(10-11)19(16,17)9-5-8-18(3,14)15/h11-12H,4-10H2,1-3H3/t11-,12+/m0/s1. The molecule has 0 aromatic carbocycles. The molecule has 0 aliphatic carbocycles. The molecule has 5 nitrogen and oxygen atoms in total. The van der Waals surface area contributed by atoms with E-state index in [9.17, 15) is 16.8 Å². The van der Waals surface area contributed by atoms with Crippen molar-refractivity contribution in [2.45, 2.75) is 45.6 Å². The number of sulfone groups is 1. The topological polar surface area (TPSA) is 71.5 Å². The Balaban J connectivity index is 2.69. The third kappa shape index (κ3) is 5.79. The van der Waals surface area contributed by atoms with E-state index in [1.807, 2.05) is 6.92 Å². The molecule has 1 fully saturated rings. The Morgan fingerprint density at radius 2 is 1.68 bits per heavy atom. The minimum absolute atomic E-state index is 0.0215. The monoisotopic (exact) mass is 311 g/mol. The van der Waals surface area contributed by atoms with E-state index in [1.54, 1.807) is 4.31 Å². The molecule has 0 spiro atoms. The van der Waals surface area contributed by atoms with Crippen LogP contribution in [0.15, 0.2) is 0 Å². The highest BCUT2D eigenvalue weighted by Crippen LogP contribution is 2.23. The van der Waals surface area contributed by atoms with Gasteiger partial charge in [-0.1, -0.05) is 13.3 Å². The van der Waals surface area contributed by atoms with E-state index in [-0.39, 0.29) is 24.0 Å². The maximum absolute atomic E-state index is 12.3. The first kappa shape index (κ1) is 16.9. The Labute approximate surface area is 117 Å². The van der Waals surface area contributed by atoms with Gasteiger partial charge in [0, 0.05) is 18.8 Å². The zero-order valence-corrected chi connectivity index (χ0v) is 13.6. The molecule has 0 bridgehead atoms. The van der Waals surface area contributed by atoms with Gasteiger partial charge in [-0.3, -0.25) is 0 Å². The van der Waals surface area contributed by atoms with Gasteiger partial charge < -0.3 is 0 Å². The van der Waals surface area contributed by atoms with Crippen LogP contribution in [0.5, 0.6) is 0 Å². The van der Waals surface area contributed by atoms with Crippen LogP contribution in [0, 0.1) is 5.92 Å². The second kappa shape index (κ2) is 6.54. The highest BCUT2D eigenvalue weighted by molar-refractivity contribution is 7.91. The lowest BCUT2D eigenvalue weighted by Gasteiger charge is -2.27. The maximum atomic E-state index is 12.3. The molecule has 19 heavy (non-hydrogen) atoms. The molecule has 0 radical (unpaired) electrons. The van der Waals surface area contributed by atoms with Gasteiger partial charge in [0.05, 0.1) is 11.5 Å². The summed E-state index contributed by atoms with van der Waals surface area (Å²) < 4.78 is 48.3. The average Bonchev–Trinajstić information content (AvgIpc) is 2.38. The van der Waals surface area contributed by atoms with Gasteiger partial charge in [0.25, 0.3) is 0 Å². The van der Waals surface area contributed by atoms with E-state index in [0.717, 1.165) is 25.5 Å². The lowest BCUT2D eigenvalue weighted by Crippen LogP contribution is -2.41. The predicted octanol–water partition coefficient (Wildman–Crippen LogP) is 1.26. The third-order valence-corrected chi connectivity index (χ3v) is 6.64. The van der Waals surface area contributed by atoms with Crippen molar-refractivity contribution in [2.75, 3.05) is 24.3 Å². The molecule has 1 rings (SSSR count). The summed E-state index contributed by atoms with van der Waals surface area (Å²) in [7, 11) is -6.43. The van der Waals surface area contributed by atoms with Crippen LogP contribution in [0.2, 0.25) is 0 Å². The quantitative estimate of drug-likeness (QED) is 0.766. The number of rotatable bonds is 5. The van der Waals surface area contributed by atoms with Crippen molar-refractivity contribution in [3.8, 4) is 0 Å². The van der Waals surface area contributed by atoms with Crippen LogP contribution in [0.3, 0.4) is 0 Å². The first-order chi connectivity index (χ1) is 8.62. The average molecular weight is 311 g/mol. The third-order valence-electron chi connectivity index (χ3n) is 3.58. The maximum Gasteiger partial charge on any atom is 0.214 e. The van der Waals surface area contributed by atoms with E-state index in [2.05, 4.69) is 6.92 Å². The van der Waals surface area contributed by atoms with Crippen molar-refractivity contribution >= 4 is 19.9 Å². The minimum Gasteiger partial charge on any atom is -0.229 e. The normalized spacial score (nSPS) is 27.1. The molecule has 2 atom stereocenters. The Kier molecular flexibility index (Phi) is 5.82. The van der Waals surface area contributed by atoms with E-state index in [0.29, 0.717) is 12.5 Å². The van der Waals surface area contributed by atoms with Crippen molar-refractivity contribution in [1.29, 1.82) is 0 Å². The molecule has 1 heterocycles. The lowest BCUT2D eigenvalue weighted by molar-refractivity contribution is 0.317. The van der Waals surface area contributed by atoms with Crippen LogP contribution in [-0.4, -0.2) is 51.5 Å². The molecular weight excluding hydrogens is 286 g/mol. The molecule has 0 amide bonds. The molecule has 0 N–H and O–H groups in total. The molecule has 0 aromatic rings. The van der Waals surface area contributed by atoms with E-state index < -0.39 is 19.9 Å². The summed E-state index contributed by atoms with van der Waals surface area (Å²) >= 11 is 0. The zero-order valence-electron chi connectivity index (χ0n) is 12.0. The van der Waals surface area contributed by atoms with Crippen molar-refractivity contribution in [3.63, 3.8) is 0 Å².